The third-order valence-electron chi connectivity index (χ3n) is 5.61. The van der Waals surface area contributed by atoms with E-state index in [4.69, 9.17) is 5.11 Å². The lowest BCUT2D eigenvalue weighted by atomic mass is 9.94. The number of rotatable bonds is 7. The number of carboxylic acid groups (broad SMARTS) is 1. The van der Waals surface area contributed by atoms with E-state index < -0.39 is 22.0 Å². The summed E-state index contributed by atoms with van der Waals surface area (Å²) in [6, 6.07) is 13.2. The minimum absolute atomic E-state index is 0.0335. The van der Waals surface area contributed by atoms with Gasteiger partial charge < -0.3 is 5.11 Å². The molecule has 1 heterocycles. The quantitative estimate of drug-likeness (QED) is 0.531. The number of benzene rings is 2. The highest BCUT2D eigenvalue weighted by atomic mass is 32.2. The molecule has 1 aliphatic carbocycles. The van der Waals surface area contributed by atoms with Gasteiger partial charge in [0.1, 0.15) is 6.54 Å². The van der Waals surface area contributed by atoms with Gasteiger partial charge in [-0.15, -0.1) is 0 Å². The molecule has 0 spiro atoms. The van der Waals surface area contributed by atoms with E-state index >= 15 is 0 Å². The Balaban J connectivity index is 1.55. The molecule has 2 aromatic carbocycles. The molecule has 0 bridgehead atoms. The number of nitrogens with zero attached hydrogens (tertiary/aromatic N) is 2. The van der Waals surface area contributed by atoms with E-state index in [1.165, 1.54) is 23.7 Å². The van der Waals surface area contributed by atoms with Crippen LogP contribution in [-0.4, -0.2) is 35.1 Å². The Kier molecular flexibility index (Phi) is 5.94. The van der Waals surface area contributed by atoms with Crippen molar-refractivity contribution in [1.29, 1.82) is 0 Å². The Labute approximate surface area is 185 Å². The molecule has 4 rings (SSSR count). The summed E-state index contributed by atoms with van der Waals surface area (Å²) in [6.45, 7) is 1.25. The summed E-state index contributed by atoms with van der Waals surface area (Å²) in [5.41, 5.74) is 3.71. The zero-order chi connectivity index (χ0) is 22.9. The van der Waals surface area contributed by atoms with Crippen LogP contribution in [0, 0.1) is 0 Å². The van der Waals surface area contributed by atoms with E-state index in [1.54, 1.807) is 36.5 Å². The average Bonchev–Trinajstić information content (AvgIpc) is 3.17. The van der Waals surface area contributed by atoms with E-state index in [1.807, 2.05) is 6.07 Å². The Morgan fingerprint density at radius 2 is 1.91 bits per heavy atom. The molecule has 2 N–H and O–H groups in total. The van der Waals surface area contributed by atoms with Gasteiger partial charge >= 0.3 is 5.97 Å². The largest absolute Gasteiger partial charge is 0.480 e. The van der Waals surface area contributed by atoms with Crippen LogP contribution in [-0.2, 0) is 27.8 Å². The van der Waals surface area contributed by atoms with Crippen molar-refractivity contribution in [3.05, 3.63) is 71.5 Å². The van der Waals surface area contributed by atoms with Gasteiger partial charge in [-0.3, -0.25) is 14.3 Å². The first-order valence-electron chi connectivity index (χ1n) is 10.2. The lowest BCUT2D eigenvalue weighted by Gasteiger charge is -2.24. The van der Waals surface area contributed by atoms with Gasteiger partial charge in [0, 0.05) is 16.8 Å². The second-order valence-corrected chi connectivity index (χ2v) is 9.54. The number of aliphatic carboxylic acids is 1. The molecular formula is C23H23N3O5S. The predicted molar refractivity (Wildman–Crippen MR) is 118 cm³/mol. The van der Waals surface area contributed by atoms with Crippen molar-refractivity contribution in [2.75, 3.05) is 0 Å². The van der Waals surface area contributed by atoms with Crippen molar-refractivity contribution in [3.8, 4) is 11.1 Å². The Morgan fingerprint density at radius 1 is 1.16 bits per heavy atom. The Hall–Kier alpha value is -3.30. The molecule has 1 atom stereocenters. The number of carbonyl (C=O) groups excluding carboxylic acids is 1. The zero-order valence-corrected chi connectivity index (χ0v) is 18.3. The zero-order valence-electron chi connectivity index (χ0n) is 17.5. The van der Waals surface area contributed by atoms with E-state index in [-0.39, 0.29) is 17.2 Å². The van der Waals surface area contributed by atoms with Crippen LogP contribution < -0.4 is 4.72 Å². The number of fused-ring (bicyclic) bond motifs is 1. The number of carboxylic acids is 1. The molecule has 3 aromatic rings. The highest BCUT2D eigenvalue weighted by molar-refractivity contribution is 7.89. The van der Waals surface area contributed by atoms with Crippen molar-refractivity contribution in [2.45, 2.75) is 43.7 Å². The SMILES string of the molecule is CC(=O)c1cccc(-c2ccc(S(=O)(=O)NC3CCCc4c3cnn4CC(=O)O)cc2)c1. The molecule has 1 unspecified atom stereocenters. The number of nitrogens with one attached hydrogen (secondary N) is 1. The highest BCUT2D eigenvalue weighted by Crippen LogP contribution is 2.31. The molecule has 1 aromatic heterocycles. The Morgan fingerprint density at radius 3 is 2.59 bits per heavy atom. The number of ketones is 1. The van der Waals surface area contributed by atoms with Crippen molar-refractivity contribution in [2.24, 2.45) is 0 Å². The van der Waals surface area contributed by atoms with E-state index in [9.17, 15) is 18.0 Å². The van der Waals surface area contributed by atoms with Crippen molar-refractivity contribution < 1.29 is 23.1 Å². The molecule has 0 fully saturated rings. The number of hydrogen-bond donors (Lipinski definition) is 2. The second-order valence-electron chi connectivity index (χ2n) is 7.83. The van der Waals surface area contributed by atoms with Gasteiger partial charge in [0.05, 0.1) is 17.1 Å². The fraction of sp³-hybridized carbons (Fsp3) is 0.261. The number of carbonyl (C=O) groups is 2. The average molecular weight is 454 g/mol. The molecular weight excluding hydrogens is 430 g/mol. The molecule has 8 nitrogen and oxygen atoms in total. The molecule has 0 saturated carbocycles. The monoisotopic (exact) mass is 453 g/mol. The third kappa shape index (κ3) is 4.49. The standard InChI is InChI=1S/C23H23N3O5S/c1-15(27)17-4-2-5-18(12-17)16-8-10-19(11-9-16)32(30,31)25-21-6-3-7-22-20(21)13-24-26(22)14-23(28)29/h2,4-5,8-13,21,25H,3,6-7,14H2,1H3,(H,28,29). The first-order chi connectivity index (χ1) is 15.2. The number of Topliss-reactive ketones (excluding diaryl/α,β-unsaturated/α-hetero) is 1. The minimum atomic E-state index is -3.79. The minimum Gasteiger partial charge on any atom is -0.480 e. The fourth-order valence-electron chi connectivity index (χ4n) is 4.01. The van der Waals surface area contributed by atoms with Crippen molar-refractivity contribution in [1.82, 2.24) is 14.5 Å². The summed E-state index contributed by atoms with van der Waals surface area (Å²) in [6.07, 6.45) is 3.56. The molecule has 0 amide bonds. The molecule has 32 heavy (non-hydrogen) atoms. The second kappa shape index (κ2) is 8.68. The van der Waals surface area contributed by atoms with Gasteiger partial charge in [0.15, 0.2) is 5.78 Å². The van der Waals surface area contributed by atoms with Crippen LogP contribution in [0.5, 0.6) is 0 Å². The topological polar surface area (TPSA) is 118 Å². The summed E-state index contributed by atoms with van der Waals surface area (Å²) in [5, 5.41) is 13.2. The molecule has 0 aliphatic heterocycles. The van der Waals surface area contributed by atoms with Crippen LogP contribution in [0.15, 0.2) is 59.6 Å². The van der Waals surface area contributed by atoms with Crippen LogP contribution in [0.3, 0.4) is 0 Å². The number of sulfonamides is 1. The molecule has 0 saturated heterocycles. The highest BCUT2D eigenvalue weighted by Gasteiger charge is 2.29. The van der Waals surface area contributed by atoms with Crippen molar-refractivity contribution in [3.63, 3.8) is 0 Å². The number of hydrogen-bond acceptors (Lipinski definition) is 5. The van der Waals surface area contributed by atoms with E-state index in [2.05, 4.69) is 9.82 Å². The smallest absolute Gasteiger partial charge is 0.325 e. The number of aromatic nitrogens is 2. The molecule has 1 aliphatic rings. The van der Waals surface area contributed by atoms with Gasteiger partial charge in [0.25, 0.3) is 0 Å². The summed E-state index contributed by atoms with van der Waals surface area (Å²) >= 11 is 0. The van der Waals surface area contributed by atoms with E-state index in [0.717, 1.165) is 28.8 Å². The summed E-state index contributed by atoms with van der Waals surface area (Å²) in [4.78, 5) is 22.8. The lowest BCUT2D eigenvalue weighted by Crippen LogP contribution is -2.31. The predicted octanol–water partition coefficient (Wildman–Crippen LogP) is 3.19. The van der Waals surface area contributed by atoms with Gasteiger partial charge in [-0.2, -0.15) is 5.10 Å². The van der Waals surface area contributed by atoms with Crippen LogP contribution in [0.1, 0.15) is 47.4 Å². The first kappa shape index (κ1) is 21.9. The molecule has 166 valence electrons. The third-order valence-corrected chi connectivity index (χ3v) is 7.10. The molecule has 0 radical (unpaired) electrons. The van der Waals surface area contributed by atoms with Crippen LogP contribution >= 0.6 is 0 Å². The normalized spacial score (nSPS) is 15.8. The summed E-state index contributed by atoms with van der Waals surface area (Å²) in [5.74, 6) is -1.03. The van der Waals surface area contributed by atoms with Gasteiger partial charge in [-0.1, -0.05) is 30.3 Å². The lowest BCUT2D eigenvalue weighted by molar-refractivity contribution is -0.137. The fourth-order valence-corrected chi connectivity index (χ4v) is 5.25. The van der Waals surface area contributed by atoms with Gasteiger partial charge in [-0.25, -0.2) is 13.1 Å². The van der Waals surface area contributed by atoms with Crippen LogP contribution in [0.25, 0.3) is 11.1 Å². The van der Waals surface area contributed by atoms with Crippen LogP contribution in [0.2, 0.25) is 0 Å². The maximum absolute atomic E-state index is 13.0. The molecule has 9 heteroatoms. The maximum atomic E-state index is 13.0. The van der Waals surface area contributed by atoms with E-state index in [0.29, 0.717) is 18.4 Å². The maximum Gasteiger partial charge on any atom is 0.325 e. The first-order valence-corrected chi connectivity index (χ1v) is 11.7. The van der Waals surface area contributed by atoms with Crippen molar-refractivity contribution >= 4 is 21.8 Å². The van der Waals surface area contributed by atoms with Crippen LogP contribution in [0.4, 0.5) is 0 Å². The summed E-state index contributed by atoms with van der Waals surface area (Å²) in [7, 11) is -3.79. The summed E-state index contributed by atoms with van der Waals surface area (Å²) < 4.78 is 30.2. The Bertz CT molecular complexity index is 1280. The van der Waals surface area contributed by atoms with Gasteiger partial charge in [0.2, 0.25) is 10.0 Å². The van der Waals surface area contributed by atoms with Gasteiger partial charge in [-0.05, 0) is 55.5 Å².